The Kier molecular flexibility index (Phi) is 4.31. The smallest absolute Gasteiger partial charge is 0.147 e. The lowest BCUT2D eigenvalue weighted by Crippen LogP contribution is -2.38. The van der Waals surface area contributed by atoms with Crippen LogP contribution < -0.4 is 5.73 Å². The molecule has 1 atom stereocenters. The lowest BCUT2D eigenvalue weighted by molar-refractivity contribution is 0.205. The number of nitrogens with zero attached hydrogens (tertiary/aromatic N) is 4. The summed E-state index contributed by atoms with van der Waals surface area (Å²) >= 11 is 0. The zero-order valence-electron chi connectivity index (χ0n) is 12.6. The molecular weight excluding hydrogens is 262 g/mol. The van der Waals surface area contributed by atoms with Crippen LogP contribution in [-0.2, 0) is 19.5 Å². The van der Waals surface area contributed by atoms with E-state index in [9.17, 15) is 0 Å². The minimum atomic E-state index is 0.0511. The predicted molar refractivity (Wildman–Crippen MR) is 82.7 cm³/mol. The fraction of sp³-hybridized carbons (Fsp3) is 0.500. The molecule has 3 rings (SSSR count). The van der Waals surface area contributed by atoms with Gasteiger partial charge in [-0.05, 0) is 17.5 Å². The second kappa shape index (κ2) is 6.37. The molecule has 0 fully saturated rings. The molecule has 1 unspecified atom stereocenters. The van der Waals surface area contributed by atoms with Crippen molar-refractivity contribution in [3.05, 3.63) is 47.5 Å². The van der Waals surface area contributed by atoms with Gasteiger partial charge in [-0.3, -0.25) is 4.90 Å². The summed E-state index contributed by atoms with van der Waals surface area (Å²) in [5.74, 6) is 1.03. The molecule has 0 spiro atoms. The van der Waals surface area contributed by atoms with Crippen molar-refractivity contribution in [2.45, 2.75) is 38.9 Å². The summed E-state index contributed by atoms with van der Waals surface area (Å²) in [6.45, 7) is 5.85. The number of rotatable bonds is 5. The van der Waals surface area contributed by atoms with Crippen LogP contribution >= 0.6 is 0 Å². The molecule has 1 aliphatic heterocycles. The first-order valence-electron chi connectivity index (χ1n) is 7.69. The van der Waals surface area contributed by atoms with Gasteiger partial charge in [-0.2, -0.15) is 0 Å². The first kappa shape index (κ1) is 14.2. The highest BCUT2D eigenvalue weighted by Gasteiger charge is 2.19. The topological polar surface area (TPSA) is 60.0 Å². The van der Waals surface area contributed by atoms with Gasteiger partial charge in [0.05, 0.1) is 6.54 Å². The predicted octanol–water partition coefficient (Wildman–Crippen LogP) is 1.75. The van der Waals surface area contributed by atoms with Gasteiger partial charge in [0.1, 0.15) is 12.2 Å². The average Bonchev–Trinajstić information content (AvgIpc) is 2.96. The van der Waals surface area contributed by atoms with E-state index < -0.39 is 0 Å². The largest absolute Gasteiger partial charge is 0.323 e. The van der Waals surface area contributed by atoms with E-state index in [1.54, 1.807) is 6.33 Å². The molecule has 1 aromatic carbocycles. The summed E-state index contributed by atoms with van der Waals surface area (Å²) in [5.41, 5.74) is 8.96. The fourth-order valence-corrected chi connectivity index (χ4v) is 2.88. The van der Waals surface area contributed by atoms with Gasteiger partial charge < -0.3 is 10.3 Å². The number of benzene rings is 1. The van der Waals surface area contributed by atoms with Gasteiger partial charge in [-0.15, -0.1) is 10.2 Å². The molecule has 1 aliphatic rings. The van der Waals surface area contributed by atoms with Gasteiger partial charge in [0.15, 0.2) is 0 Å². The number of nitrogens with two attached hydrogens (primary N) is 1. The van der Waals surface area contributed by atoms with E-state index in [0.29, 0.717) is 0 Å². The number of hydrogen-bond acceptors (Lipinski definition) is 4. The van der Waals surface area contributed by atoms with Crippen LogP contribution in [0.2, 0.25) is 0 Å². The maximum atomic E-state index is 6.36. The van der Waals surface area contributed by atoms with Gasteiger partial charge in [-0.1, -0.05) is 37.6 Å². The van der Waals surface area contributed by atoms with Crippen LogP contribution in [0.4, 0.5) is 0 Å². The third kappa shape index (κ3) is 3.31. The van der Waals surface area contributed by atoms with E-state index >= 15 is 0 Å². The normalized spacial score (nSPS) is 16.7. The first-order chi connectivity index (χ1) is 10.3. The maximum Gasteiger partial charge on any atom is 0.147 e. The lowest BCUT2D eigenvalue weighted by atomic mass is 10.0. The zero-order chi connectivity index (χ0) is 14.7. The van der Waals surface area contributed by atoms with E-state index in [0.717, 1.165) is 38.4 Å². The van der Waals surface area contributed by atoms with E-state index in [1.807, 2.05) is 0 Å². The van der Waals surface area contributed by atoms with Crippen LogP contribution in [0.5, 0.6) is 0 Å². The summed E-state index contributed by atoms with van der Waals surface area (Å²) < 4.78 is 2.11. The van der Waals surface area contributed by atoms with Crippen molar-refractivity contribution in [2.24, 2.45) is 5.73 Å². The monoisotopic (exact) mass is 285 g/mol. The van der Waals surface area contributed by atoms with Crippen molar-refractivity contribution in [3.63, 3.8) is 0 Å². The van der Waals surface area contributed by atoms with Crippen molar-refractivity contribution >= 4 is 0 Å². The third-order valence-electron chi connectivity index (χ3n) is 4.12. The first-order valence-corrected chi connectivity index (χ1v) is 7.69. The van der Waals surface area contributed by atoms with Crippen LogP contribution in [-0.4, -0.2) is 32.8 Å². The Morgan fingerprint density at radius 3 is 2.81 bits per heavy atom. The summed E-state index contributed by atoms with van der Waals surface area (Å²) in [7, 11) is 0. The number of aryl methyl sites for hydroxylation is 1. The quantitative estimate of drug-likeness (QED) is 0.909. The third-order valence-corrected chi connectivity index (χ3v) is 4.12. The molecule has 0 aliphatic carbocycles. The molecule has 112 valence electrons. The van der Waals surface area contributed by atoms with E-state index in [2.05, 4.69) is 50.9 Å². The number of fused-ring (bicyclic) bond motifs is 1. The van der Waals surface area contributed by atoms with Crippen LogP contribution in [0.25, 0.3) is 0 Å². The molecular formula is C16H23N5. The van der Waals surface area contributed by atoms with E-state index in [-0.39, 0.29) is 6.04 Å². The molecule has 2 aromatic rings. The zero-order valence-corrected chi connectivity index (χ0v) is 12.6. The van der Waals surface area contributed by atoms with Crippen LogP contribution in [0, 0.1) is 0 Å². The molecule has 2 heterocycles. The van der Waals surface area contributed by atoms with Gasteiger partial charge in [0.2, 0.25) is 0 Å². The van der Waals surface area contributed by atoms with Crippen LogP contribution in [0.15, 0.2) is 30.6 Å². The van der Waals surface area contributed by atoms with Crippen LogP contribution in [0.3, 0.4) is 0 Å². The molecule has 5 nitrogen and oxygen atoms in total. The number of aromatic nitrogens is 3. The van der Waals surface area contributed by atoms with Crippen molar-refractivity contribution in [3.8, 4) is 0 Å². The standard InChI is InChI=1S/C16H23N5/c1-2-3-13-4-6-14(7-5-13)15(17)10-20-8-9-21-12-18-19-16(21)11-20/h4-7,12,15H,2-3,8-11,17H2,1H3. The molecule has 0 saturated heterocycles. The van der Waals surface area contributed by atoms with E-state index in [1.165, 1.54) is 17.5 Å². The minimum absolute atomic E-state index is 0.0511. The second-order valence-corrected chi connectivity index (χ2v) is 5.77. The lowest BCUT2D eigenvalue weighted by Gasteiger charge is -2.29. The Morgan fingerprint density at radius 2 is 2.05 bits per heavy atom. The summed E-state index contributed by atoms with van der Waals surface area (Å²) in [6.07, 6.45) is 4.12. The molecule has 1 aromatic heterocycles. The molecule has 2 N–H and O–H groups in total. The Labute approximate surface area is 125 Å². The Balaban J connectivity index is 1.60. The second-order valence-electron chi connectivity index (χ2n) is 5.77. The summed E-state index contributed by atoms with van der Waals surface area (Å²) in [6, 6.07) is 8.79. The molecule has 0 amide bonds. The molecule has 0 bridgehead atoms. The highest BCUT2D eigenvalue weighted by molar-refractivity contribution is 5.25. The Hall–Kier alpha value is -1.72. The Bertz CT molecular complexity index is 575. The van der Waals surface area contributed by atoms with Crippen molar-refractivity contribution < 1.29 is 0 Å². The molecule has 21 heavy (non-hydrogen) atoms. The average molecular weight is 285 g/mol. The van der Waals surface area contributed by atoms with Crippen molar-refractivity contribution in [1.29, 1.82) is 0 Å². The summed E-state index contributed by atoms with van der Waals surface area (Å²) in [5, 5.41) is 8.11. The van der Waals surface area contributed by atoms with Gasteiger partial charge in [-0.25, -0.2) is 0 Å². The molecule has 0 saturated carbocycles. The van der Waals surface area contributed by atoms with E-state index in [4.69, 9.17) is 5.73 Å². The molecule has 0 radical (unpaired) electrons. The van der Waals surface area contributed by atoms with Crippen molar-refractivity contribution in [2.75, 3.05) is 13.1 Å². The Morgan fingerprint density at radius 1 is 1.24 bits per heavy atom. The fourth-order valence-electron chi connectivity index (χ4n) is 2.88. The van der Waals surface area contributed by atoms with Crippen molar-refractivity contribution in [1.82, 2.24) is 19.7 Å². The maximum absolute atomic E-state index is 6.36. The highest BCUT2D eigenvalue weighted by atomic mass is 15.3. The molecule has 5 heteroatoms. The van der Waals surface area contributed by atoms with Gasteiger partial charge >= 0.3 is 0 Å². The van der Waals surface area contributed by atoms with Crippen LogP contribution in [0.1, 0.15) is 36.3 Å². The van der Waals surface area contributed by atoms with Gasteiger partial charge in [0.25, 0.3) is 0 Å². The minimum Gasteiger partial charge on any atom is -0.323 e. The number of hydrogen-bond donors (Lipinski definition) is 1. The summed E-state index contributed by atoms with van der Waals surface area (Å²) in [4.78, 5) is 2.36. The highest BCUT2D eigenvalue weighted by Crippen LogP contribution is 2.17. The SMILES string of the molecule is CCCc1ccc(C(N)CN2CCn3cnnc3C2)cc1. The van der Waals surface area contributed by atoms with Gasteiger partial charge in [0, 0.05) is 25.7 Å².